The molecule has 0 aromatic heterocycles. The zero-order valence-electron chi connectivity index (χ0n) is 8.50. The minimum atomic E-state index is 0.296. The summed E-state index contributed by atoms with van der Waals surface area (Å²) in [4.78, 5) is 4.20. The second-order valence-electron chi connectivity index (χ2n) is 3.08. The molecule has 0 saturated carbocycles. The van der Waals surface area contributed by atoms with Crippen LogP contribution in [0.3, 0.4) is 0 Å². The van der Waals surface area contributed by atoms with E-state index in [2.05, 4.69) is 9.66 Å². The second-order valence-corrected chi connectivity index (χ2v) is 3.08. The van der Waals surface area contributed by atoms with E-state index in [1.807, 2.05) is 13.8 Å². The third-order valence-corrected chi connectivity index (χ3v) is 1.80. The lowest BCUT2D eigenvalue weighted by Gasteiger charge is -2.04. The molecule has 0 bridgehead atoms. The monoisotopic (exact) mass is 183 g/mol. The maximum absolute atomic E-state index is 5.11. The van der Waals surface area contributed by atoms with Gasteiger partial charge in [-0.15, -0.1) is 0 Å². The Balaban J connectivity index is 3.04. The summed E-state index contributed by atoms with van der Waals surface area (Å²) in [5.41, 5.74) is 0.852. The third kappa shape index (κ3) is 2.10. The van der Waals surface area contributed by atoms with Gasteiger partial charge in [0.1, 0.15) is 0 Å². The number of nitrogens with zero attached hydrogens (tertiary/aromatic N) is 2. The van der Waals surface area contributed by atoms with Gasteiger partial charge >= 0.3 is 11.6 Å². The minimum Gasteiger partial charge on any atom is -0.476 e. The Labute approximate surface area is 78.0 Å². The normalized spacial score (nSPS) is 16.2. The molecular formula is C9H15N2O2+. The highest BCUT2D eigenvalue weighted by Gasteiger charge is 2.30. The van der Waals surface area contributed by atoms with Crippen LogP contribution in [0.5, 0.6) is 0 Å². The van der Waals surface area contributed by atoms with Gasteiger partial charge in [-0.05, 0) is 4.67 Å². The van der Waals surface area contributed by atoms with E-state index in [0.717, 1.165) is 5.71 Å². The highest BCUT2D eigenvalue weighted by Crippen LogP contribution is 2.00. The first-order valence-electron chi connectivity index (χ1n) is 4.26. The zero-order chi connectivity index (χ0) is 9.84. The van der Waals surface area contributed by atoms with Gasteiger partial charge in [-0.3, -0.25) is 0 Å². The molecule has 0 unspecified atom stereocenters. The van der Waals surface area contributed by atoms with Gasteiger partial charge in [0.25, 0.3) is 5.90 Å². The van der Waals surface area contributed by atoms with Crippen LogP contribution < -0.4 is 4.67 Å². The van der Waals surface area contributed by atoms with E-state index in [1.54, 1.807) is 14.2 Å². The van der Waals surface area contributed by atoms with Crippen molar-refractivity contribution in [3.63, 3.8) is 0 Å². The predicted molar refractivity (Wildman–Crippen MR) is 53.3 cm³/mol. The van der Waals surface area contributed by atoms with E-state index >= 15 is 0 Å². The van der Waals surface area contributed by atoms with Gasteiger partial charge < -0.3 is 9.47 Å². The second kappa shape index (κ2) is 4.10. The molecule has 4 nitrogen and oxygen atoms in total. The fourth-order valence-electron chi connectivity index (χ4n) is 1.09. The van der Waals surface area contributed by atoms with Crippen LogP contribution in [0, 0.1) is 5.92 Å². The summed E-state index contributed by atoms with van der Waals surface area (Å²) >= 11 is 0. The van der Waals surface area contributed by atoms with Crippen molar-refractivity contribution in [1.82, 2.24) is 4.67 Å². The molecule has 1 aliphatic rings. The molecule has 72 valence electrons. The summed E-state index contributed by atoms with van der Waals surface area (Å²) in [7, 11) is 3.21. The van der Waals surface area contributed by atoms with Crippen molar-refractivity contribution in [2.75, 3.05) is 20.8 Å². The molecule has 1 heterocycles. The number of aliphatic imine (C=N–C) groups is 1. The molecule has 0 amide bonds. The van der Waals surface area contributed by atoms with Gasteiger partial charge in [0.05, 0.1) is 20.1 Å². The number of rotatable bonds is 1. The van der Waals surface area contributed by atoms with Crippen molar-refractivity contribution < 1.29 is 9.47 Å². The Morgan fingerprint density at radius 3 is 2.46 bits per heavy atom. The molecule has 0 aliphatic carbocycles. The Bertz CT molecular complexity index is 286. The Hall–Kier alpha value is -1.28. The fraction of sp³-hybridized carbons (Fsp3) is 0.667. The number of methoxy groups -OCH3 is 2. The van der Waals surface area contributed by atoms with E-state index in [4.69, 9.17) is 9.47 Å². The summed E-state index contributed by atoms with van der Waals surface area (Å²) in [5.74, 6) is 1.56. The van der Waals surface area contributed by atoms with Gasteiger partial charge in [0, 0.05) is 0 Å². The van der Waals surface area contributed by atoms with Crippen LogP contribution in [0.4, 0.5) is 0 Å². The molecule has 0 saturated heterocycles. The molecule has 0 N–H and O–H groups in total. The summed E-state index contributed by atoms with van der Waals surface area (Å²) < 4.78 is 14.4. The van der Waals surface area contributed by atoms with E-state index in [-0.39, 0.29) is 0 Å². The lowest BCUT2D eigenvalue weighted by atomic mass is 10.1. The molecule has 0 radical (unpaired) electrons. The molecule has 1 aliphatic heterocycles. The fourth-order valence-corrected chi connectivity index (χ4v) is 1.09. The molecule has 0 spiro atoms. The highest BCUT2D eigenvalue weighted by molar-refractivity contribution is 6.40. The van der Waals surface area contributed by atoms with Crippen molar-refractivity contribution in [3.05, 3.63) is 0 Å². The van der Waals surface area contributed by atoms with Crippen LogP contribution in [0.25, 0.3) is 0 Å². The number of ether oxygens (including phenoxy) is 2. The van der Waals surface area contributed by atoms with Crippen LogP contribution in [-0.4, -0.2) is 38.3 Å². The van der Waals surface area contributed by atoms with E-state index in [1.165, 1.54) is 0 Å². The number of hydrogen-bond donors (Lipinski definition) is 0. The molecule has 0 aromatic rings. The van der Waals surface area contributed by atoms with Gasteiger partial charge in [-0.1, -0.05) is 13.8 Å². The summed E-state index contributed by atoms with van der Waals surface area (Å²) in [6, 6.07) is 0. The van der Waals surface area contributed by atoms with E-state index in [0.29, 0.717) is 24.3 Å². The smallest absolute Gasteiger partial charge is 0.476 e. The SMILES string of the molecule is COC1=NCC(OC)=[N+]=C1C(C)C. The van der Waals surface area contributed by atoms with Gasteiger partial charge in [0.2, 0.25) is 0 Å². The molecule has 1 rings (SSSR count). The summed E-state index contributed by atoms with van der Waals surface area (Å²) in [5, 5.41) is 0. The third-order valence-electron chi connectivity index (χ3n) is 1.80. The molecule has 0 atom stereocenters. The first-order valence-corrected chi connectivity index (χ1v) is 4.26. The summed E-state index contributed by atoms with van der Waals surface area (Å²) in [6.07, 6.45) is 0. The predicted octanol–water partition coefficient (Wildman–Crippen LogP) is 0.254. The zero-order valence-corrected chi connectivity index (χ0v) is 8.50. The van der Waals surface area contributed by atoms with Crippen LogP contribution in [0.1, 0.15) is 13.8 Å². The van der Waals surface area contributed by atoms with Crippen LogP contribution in [0.2, 0.25) is 0 Å². The minimum absolute atomic E-state index is 0.296. The number of hydrogen-bond acceptors (Lipinski definition) is 3. The van der Waals surface area contributed by atoms with E-state index < -0.39 is 0 Å². The molecular weight excluding hydrogens is 168 g/mol. The van der Waals surface area contributed by atoms with Crippen molar-refractivity contribution in [2.24, 2.45) is 10.9 Å². The molecule has 4 heteroatoms. The Kier molecular flexibility index (Phi) is 3.09. The average molecular weight is 183 g/mol. The Morgan fingerprint density at radius 1 is 1.31 bits per heavy atom. The first kappa shape index (κ1) is 9.81. The van der Waals surface area contributed by atoms with E-state index in [9.17, 15) is 0 Å². The molecule has 0 aromatic carbocycles. The van der Waals surface area contributed by atoms with Gasteiger partial charge in [0.15, 0.2) is 6.54 Å². The van der Waals surface area contributed by atoms with Crippen molar-refractivity contribution in [1.29, 1.82) is 0 Å². The lowest BCUT2D eigenvalue weighted by Crippen LogP contribution is -2.31. The van der Waals surface area contributed by atoms with Gasteiger partial charge in [-0.2, -0.15) is 0 Å². The van der Waals surface area contributed by atoms with Crippen LogP contribution >= 0.6 is 0 Å². The summed E-state index contributed by atoms with van der Waals surface area (Å²) in [6.45, 7) is 4.56. The maximum atomic E-state index is 5.11. The lowest BCUT2D eigenvalue weighted by molar-refractivity contribution is 0.386. The Morgan fingerprint density at radius 2 is 2.00 bits per heavy atom. The van der Waals surface area contributed by atoms with Crippen molar-refractivity contribution >= 4 is 17.5 Å². The van der Waals surface area contributed by atoms with Crippen LogP contribution in [-0.2, 0) is 9.47 Å². The average Bonchev–Trinajstić information content (AvgIpc) is 2.16. The quantitative estimate of drug-likeness (QED) is 0.547. The largest absolute Gasteiger partial charge is 0.483 e. The first-order chi connectivity index (χ1) is 6.19. The van der Waals surface area contributed by atoms with Gasteiger partial charge in [-0.25, -0.2) is 4.99 Å². The van der Waals surface area contributed by atoms with Crippen molar-refractivity contribution in [2.45, 2.75) is 13.8 Å². The molecule has 13 heavy (non-hydrogen) atoms. The van der Waals surface area contributed by atoms with Crippen molar-refractivity contribution in [3.8, 4) is 0 Å². The highest BCUT2D eigenvalue weighted by atomic mass is 16.5. The van der Waals surface area contributed by atoms with Crippen LogP contribution in [0.15, 0.2) is 4.99 Å². The standard InChI is InChI=1S/C9H15N2O2/c1-6(2)8-9(13-4)10-5-7(11-8)12-3/h6H,5H2,1-4H3/q+1. The maximum Gasteiger partial charge on any atom is 0.483 e. The topological polar surface area (TPSA) is 44.9 Å². The molecule has 0 fully saturated rings.